The maximum atomic E-state index is 16.3. The van der Waals surface area contributed by atoms with Crippen molar-refractivity contribution in [3.63, 3.8) is 0 Å². The van der Waals surface area contributed by atoms with Crippen molar-refractivity contribution in [3.8, 4) is 0 Å². The molecule has 0 saturated carbocycles. The molecule has 2 aromatic rings. The van der Waals surface area contributed by atoms with Crippen LogP contribution >= 0.6 is 0 Å². The van der Waals surface area contributed by atoms with Gasteiger partial charge >= 0.3 is 0 Å². The summed E-state index contributed by atoms with van der Waals surface area (Å²) in [6.45, 7) is 17.4. The van der Waals surface area contributed by atoms with Crippen molar-refractivity contribution in [1.82, 2.24) is 4.98 Å². The highest BCUT2D eigenvalue weighted by Crippen LogP contribution is 2.56. The predicted molar refractivity (Wildman–Crippen MR) is 140 cm³/mol. The summed E-state index contributed by atoms with van der Waals surface area (Å²) in [7, 11) is 0. The molecule has 34 heavy (non-hydrogen) atoms. The van der Waals surface area contributed by atoms with Crippen LogP contribution in [0.4, 0.5) is 13.2 Å². The van der Waals surface area contributed by atoms with Gasteiger partial charge in [-0.2, -0.15) is 0 Å². The van der Waals surface area contributed by atoms with Gasteiger partial charge in [0.25, 0.3) is 0 Å². The van der Waals surface area contributed by atoms with Gasteiger partial charge < -0.3 is 0 Å². The number of hydrogen-bond acceptors (Lipinski definition) is 1. The zero-order valence-corrected chi connectivity index (χ0v) is 22.2. The highest BCUT2D eigenvalue weighted by atomic mass is 19.1. The van der Waals surface area contributed by atoms with Gasteiger partial charge in [0, 0.05) is 33.9 Å². The van der Waals surface area contributed by atoms with Crippen molar-refractivity contribution in [2.75, 3.05) is 0 Å². The van der Waals surface area contributed by atoms with E-state index in [2.05, 4.69) is 4.98 Å². The van der Waals surface area contributed by atoms with E-state index in [0.717, 1.165) is 12.0 Å². The van der Waals surface area contributed by atoms with E-state index >= 15 is 13.2 Å². The van der Waals surface area contributed by atoms with Crippen LogP contribution in [-0.2, 0) is 5.41 Å². The van der Waals surface area contributed by atoms with Crippen molar-refractivity contribution in [1.29, 1.82) is 0 Å². The first-order chi connectivity index (χ1) is 16.2. The molecule has 0 spiro atoms. The molecule has 1 nitrogen and oxygen atoms in total. The van der Waals surface area contributed by atoms with Crippen LogP contribution in [0, 0.1) is 18.7 Å². The summed E-state index contributed by atoms with van der Waals surface area (Å²) >= 11 is 0. The van der Waals surface area contributed by atoms with Gasteiger partial charge in [0.2, 0.25) is 0 Å². The quantitative estimate of drug-likeness (QED) is 0.404. The van der Waals surface area contributed by atoms with Crippen LogP contribution in [0.3, 0.4) is 0 Å². The summed E-state index contributed by atoms with van der Waals surface area (Å²) < 4.78 is 46.6. The Morgan fingerprint density at radius 1 is 1.15 bits per heavy atom. The lowest BCUT2D eigenvalue weighted by Crippen LogP contribution is -2.38. The Morgan fingerprint density at radius 2 is 1.79 bits per heavy atom. The van der Waals surface area contributed by atoms with Gasteiger partial charge in [-0.3, -0.25) is 4.98 Å². The van der Waals surface area contributed by atoms with Gasteiger partial charge in [0.15, 0.2) is 0 Å². The number of rotatable bonds is 4. The van der Waals surface area contributed by atoms with Crippen molar-refractivity contribution < 1.29 is 13.2 Å². The lowest BCUT2D eigenvalue weighted by atomic mass is 9.62. The number of aryl methyl sites for hydroxylation is 1. The van der Waals surface area contributed by atoms with E-state index in [9.17, 15) is 0 Å². The molecule has 0 aliphatic heterocycles. The van der Waals surface area contributed by atoms with E-state index in [1.165, 1.54) is 6.08 Å². The van der Waals surface area contributed by atoms with Gasteiger partial charge in [0.05, 0.1) is 5.69 Å². The lowest BCUT2D eigenvalue weighted by molar-refractivity contribution is 0.163. The minimum absolute atomic E-state index is 0.251. The van der Waals surface area contributed by atoms with E-state index in [-0.39, 0.29) is 24.5 Å². The highest BCUT2D eigenvalue weighted by Gasteiger charge is 2.48. The molecule has 2 aliphatic carbocycles. The number of pyridine rings is 1. The fourth-order valence-corrected chi connectivity index (χ4v) is 5.21. The number of allylic oxidation sites excluding steroid dienone is 6. The first-order valence-electron chi connectivity index (χ1n) is 12.7. The van der Waals surface area contributed by atoms with Gasteiger partial charge in [-0.1, -0.05) is 73.6 Å². The zero-order valence-electron chi connectivity index (χ0n) is 22.2. The third-order valence-corrected chi connectivity index (χ3v) is 6.86. The molecule has 0 saturated heterocycles. The fourth-order valence-electron chi connectivity index (χ4n) is 5.21. The number of benzene rings is 1. The Bertz CT molecular complexity index is 1120. The van der Waals surface area contributed by atoms with Crippen LogP contribution in [-0.4, -0.2) is 10.7 Å². The summed E-state index contributed by atoms with van der Waals surface area (Å²) in [6.07, 6.45) is 7.76. The Hall–Kier alpha value is -2.36. The summed E-state index contributed by atoms with van der Waals surface area (Å²) in [6, 6.07) is 3.46. The molecule has 0 fully saturated rings. The standard InChI is InChI=1S/C26H28F3N.2C2H6/c1-6-8-12-26(29,7-2)17-9-10-19(27)22-21(17)24-20-16(11-13-30-24)23(28)15(3)14-18(20)25(22,4)5;2*1-2/h8,10-14,17H,6-7,9H2,1-5H3;2*1-2H3. The predicted octanol–water partition coefficient (Wildman–Crippen LogP) is 9.74. The van der Waals surface area contributed by atoms with Crippen LogP contribution in [0.15, 0.2) is 48.0 Å². The Labute approximate surface area is 203 Å². The van der Waals surface area contributed by atoms with E-state index in [1.54, 1.807) is 31.3 Å². The largest absolute Gasteiger partial charge is 0.256 e. The van der Waals surface area contributed by atoms with Crippen molar-refractivity contribution in [2.24, 2.45) is 5.92 Å². The Balaban J connectivity index is 0.000000970. The summed E-state index contributed by atoms with van der Waals surface area (Å²) in [5.74, 6) is -1.20. The Kier molecular flexibility index (Phi) is 8.96. The molecule has 0 bridgehead atoms. The molecular formula is C30H40F3N. The number of halogens is 3. The second-order valence-corrected chi connectivity index (χ2v) is 8.98. The number of alkyl halides is 1. The summed E-state index contributed by atoms with van der Waals surface area (Å²) in [5, 5.41) is 1.15. The maximum Gasteiger partial charge on any atom is 0.136 e. The molecule has 0 amide bonds. The topological polar surface area (TPSA) is 12.9 Å². The second kappa shape index (κ2) is 10.9. The first-order valence-corrected chi connectivity index (χ1v) is 12.7. The van der Waals surface area contributed by atoms with Gasteiger partial charge in [-0.25, -0.2) is 13.2 Å². The van der Waals surface area contributed by atoms with E-state index in [4.69, 9.17) is 0 Å². The monoisotopic (exact) mass is 471 g/mol. The van der Waals surface area contributed by atoms with Crippen LogP contribution in [0.25, 0.3) is 16.3 Å². The van der Waals surface area contributed by atoms with E-state index in [0.29, 0.717) is 33.2 Å². The van der Waals surface area contributed by atoms with Crippen LogP contribution in [0.2, 0.25) is 0 Å². The van der Waals surface area contributed by atoms with E-state index in [1.807, 2.05) is 61.5 Å². The molecular weight excluding hydrogens is 431 g/mol. The summed E-state index contributed by atoms with van der Waals surface area (Å²) in [5.41, 5.74) is 0.586. The van der Waals surface area contributed by atoms with Crippen molar-refractivity contribution in [2.45, 2.75) is 92.7 Å². The van der Waals surface area contributed by atoms with Crippen LogP contribution in [0.5, 0.6) is 0 Å². The van der Waals surface area contributed by atoms with Gasteiger partial charge in [-0.15, -0.1) is 0 Å². The molecule has 2 atom stereocenters. The molecule has 4 heteroatoms. The van der Waals surface area contributed by atoms with Crippen LogP contribution in [0.1, 0.15) is 91.5 Å². The third-order valence-electron chi connectivity index (χ3n) is 6.86. The third kappa shape index (κ3) is 4.36. The molecule has 1 heterocycles. The van der Waals surface area contributed by atoms with E-state index < -0.39 is 17.0 Å². The van der Waals surface area contributed by atoms with Gasteiger partial charge in [-0.05, 0) is 55.0 Å². The molecule has 1 aromatic heterocycles. The minimum Gasteiger partial charge on any atom is -0.256 e. The minimum atomic E-state index is -1.63. The SMILES string of the molecule is CC.CC.CCC=CC(F)(CC)C1CC=C(F)C2=C1c1nccc3c(F)c(C)cc(c13)C2(C)C. The summed E-state index contributed by atoms with van der Waals surface area (Å²) in [4.78, 5) is 4.56. The second-order valence-electron chi connectivity index (χ2n) is 8.98. The zero-order chi connectivity index (χ0) is 25.8. The number of nitrogens with zero attached hydrogens (tertiary/aromatic N) is 1. The molecule has 186 valence electrons. The molecule has 2 aliphatic rings. The van der Waals surface area contributed by atoms with Crippen molar-refractivity contribution >= 4 is 16.3 Å². The first kappa shape index (κ1) is 27.9. The molecule has 0 radical (unpaired) electrons. The normalized spacial score (nSPS) is 20.0. The fraction of sp³-hybridized carbons (Fsp3) is 0.500. The van der Waals surface area contributed by atoms with Crippen LogP contribution < -0.4 is 0 Å². The lowest BCUT2D eigenvalue weighted by Gasteiger charge is -2.43. The average molecular weight is 472 g/mol. The molecule has 0 N–H and O–H groups in total. The van der Waals surface area contributed by atoms with Gasteiger partial charge in [0.1, 0.15) is 17.3 Å². The molecule has 1 aromatic carbocycles. The average Bonchev–Trinajstić information content (AvgIpc) is 2.85. The molecule has 4 rings (SSSR count). The highest BCUT2D eigenvalue weighted by molar-refractivity contribution is 6.01. The van der Waals surface area contributed by atoms with Crippen molar-refractivity contribution in [3.05, 3.63) is 70.6 Å². The Morgan fingerprint density at radius 3 is 2.38 bits per heavy atom. The number of hydrogen-bond donors (Lipinski definition) is 0. The number of fused-ring (bicyclic) bond motifs is 1. The smallest absolute Gasteiger partial charge is 0.136 e. The number of aromatic nitrogens is 1. The maximum absolute atomic E-state index is 16.3. The molecule has 2 unspecified atom stereocenters.